The van der Waals surface area contributed by atoms with Crippen molar-refractivity contribution in [2.24, 2.45) is 0 Å². The molecule has 2 aliphatic heterocycles. The highest BCUT2D eigenvalue weighted by atomic mass is 35.5. The fourth-order valence-corrected chi connectivity index (χ4v) is 7.66. The van der Waals surface area contributed by atoms with Crippen LogP contribution in [0, 0.1) is 12.7 Å². The molecule has 49 heavy (non-hydrogen) atoms. The number of carbonyl (C=O) groups is 2. The summed E-state index contributed by atoms with van der Waals surface area (Å²) in [7, 11) is 0. The molecule has 1 fully saturated rings. The van der Waals surface area contributed by atoms with Gasteiger partial charge in [-0.25, -0.2) is 19.3 Å². The van der Waals surface area contributed by atoms with Gasteiger partial charge in [-0.15, -0.1) is 0 Å². The smallest absolute Gasteiger partial charge is 0.281 e. The maximum absolute atomic E-state index is 16.9. The minimum absolute atomic E-state index is 0.00346. The van der Waals surface area contributed by atoms with Crippen LogP contribution in [-0.2, 0) is 9.59 Å². The quantitative estimate of drug-likeness (QED) is 0.211. The number of carbonyl (C=O) groups excluding carboxylic acids is 2. The van der Waals surface area contributed by atoms with Gasteiger partial charge >= 0.3 is 0 Å². The van der Waals surface area contributed by atoms with Crippen molar-refractivity contribution in [3.05, 3.63) is 81.7 Å². The second kappa shape index (κ2) is 11.8. The Bertz CT molecular complexity index is 2270. The van der Waals surface area contributed by atoms with Crippen LogP contribution in [0.15, 0.2) is 48.3 Å². The van der Waals surface area contributed by atoms with Crippen molar-refractivity contribution in [3.8, 4) is 16.8 Å². The van der Waals surface area contributed by atoms with Crippen LogP contribution < -0.4 is 15.8 Å². The van der Waals surface area contributed by atoms with E-state index in [0.29, 0.717) is 44.7 Å². The summed E-state index contributed by atoms with van der Waals surface area (Å²) in [5.41, 5.74) is 4.22. The van der Waals surface area contributed by atoms with Crippen LogP contribution in [0.2, 0.25) is 5.02 Å². The summed E-state index contributed by atoms with van der Waals surface area (Å²) in [6.07, 6.45) is 4.23. The molecule has 0 radical (unpaired) electrons. The van der Waals surface area contributed by atoms with E-state index >= 15 is 9.18 Å². The van der Waals surface area contributed by atoms with Crippen LogP contribution in [0.1, 0.15) is 63.4 Å². The number of amides is 2. The highest BCUT2D eigenvalue weighted by Gasteiger charge is 2.44. The van der Waals surface area contributed by atoms with Crippen molar-refractivity contribution in [1.29, 1.82) is 0 Å². The molecule has 2 aromatic carbocycles. The first kappa shape index (κ1) is 32.4. The fraction of sp³-hybridized carbons (Fsp3) is 0.333. The molecule has 0 saturated carbocycles. The first-order valence-electron chi connectivity index (χ1n) is 16.2. The topological polar surface area (TPSA) is 129 Å². The Hall–Kier alpha value is -5.10. The van der Waals surface area contributed by atoms with Crippen LogP contribution in [0.4, 0.5) is 15.8 Å². The molecule has 2 atom stereocenters. The molecule has 1 saturated heterocycles. The third kappa shape index (κ3) is 4.83. The molecule has 13 heteroatoms. The molecule has 0 spiro atoms. The highest BCUT2D eigenvalue weighted by molar-refractivity contribution is 6.39. The number of piperazine rings is 1. The van der Waals surface area contributed by atoms with Gasteiger partial charge in [0.1, 0.15) is 23.9 Å². The van der Waals surface area contributed by atoms with Gasteiger partial charge in [0.25, 0.3) is 5.56 Å². The molecule has 7 rings (SSSR count). The van der Waals surface area contributed by atoms with Crippen molar-refractivity contribution in [3.63, 3.8) is 0 Å². The molecule has 252 valence electrons. The van der Waals surface area contributed by atoms with E-state index in [1.54, 1.807) is 16.1 Å². The number of nitrogens with one attached hydrogen (secondary N) is 2. The summed E-state index contributed by atoms with van der Waals surface area (Å²) >= 11 is 7.42. The van der Waals surface area contributed by atoms with Crippen LogP contribution in [-0.4, -0.2) is 66.4 Å². The molecule has 3 aromatic heterocycles. The maximum atomic E-state index is 16.9. The van der Waals surface area contributed by atoms with Gasteiger partial charge < -0.3 is 20.1 Å². The summed E-state index contributed by atoms with van der Waals surface area (Å²) in [5.74, 6) is -1.65. The number of H-pyrrole nitrogens is 1. The number of halogens is 2. The van der Waals surface area contributed by atoms with Gasteiger partial charge in [-0.2, -0.15) is 0 Å². The molecule has 2 N–H and O–H groups in total. The molecule has 0 bridgehead atoms. The lowest BCUT2D eigenvalue weighted by Crippen LogP contribution is -2.64. The van der Waals surface area contributed by atoms with Gasteiger partial charge in [-0.3, -0.25) is 19.0 Å². The molecule has 5 heterocycles. The summed E-state index contributed by atoms with van der Waals surface area (Å²) in [4.78, 5) is 61.7. The number of aryl methyl sites for hydroxylation is 1. The van der Waals surface area contributed by atoms with E-state index in [0.717, 1.165) is 5.56 Å². The van der Waals surface area contributed by atoms with Gasteiger partial charge in [0, 0.05) is 29.1 Å². The van der Waals surface area contributed by atoms with Crippen LogP contribution in [0.25, 0.3) is 38.8 Å². The number of hydrogen-bond donors (Lipinski definition) is 2. The molecule has 5 aromatic rings. The van der Waals surface area contributed by atoms with Gasteiger partial charge in [0.05, 0.1) is 57.2 Å². The first-order valence-corrected chi connectivity index (χ1v) is 16.6. The summed E-state index contributed by atoms with van der Waals surface area (Å²) < 4.78 is 18.3. The standard InChI is InChI=1S/C36H36ClFN8O3/c1-8-24(47)44-13-23-35(48)43-31-33(45(23)12-19(44)7)20-11-21(38)26(25-18(6)9-10-22-30(25)42-14-39-22)27(37)32(20)46(36(31)49)34-28(16(2)3)40-15-41-29(34)17(4)5/h8-11,14-17,19,23H,1,12-13H2,2-7H3,(H,39,42)(H,43,48). The second-order valence-corrected chi connectivity index (χ2v) is 13.7. The summed E-state index contributed by atoms with van der Waals surface area (Å²) in [6, 6.07) is 3.92. The molecule has 0 aliphatic carbocycles. The second-order valence-electron chi connectivity index (χ2n) is 13.4. The third-order valence-electron chi connectivity index (χ3n) is 9.61. The Labute approximate surface area is 286 Å². The molecule has 11 nitrogen and oxygen atoms in total. The molecule has 2 unspecified atom stereocenters. The van der Waals surface area contributed by atoms with Gasteiger partial charge in [0.2, 0.25) is 11.8 Å². The van der Waals surface area contributed by atoms with Crippen molar-refractivity contribution < 1.29 is 14.0 Å². The monoisotopic (exact) mass is 682 g/mol. The minimum Gasteiger partial charge on any atom is -0.354 e. The lowest BCUT2D eigenvalue weighted by Gasteiger charge is -2.48. The van der Waals surface area contributed by atoms with E-state index in [1.165, 1.54) is 23.0 Å². The number of benzene rings is 2. The predicted molar refractivity (Wildman–Crippen MR) is 189 cm³/mol. The number of nitrogens with zero attached hydrogens (tertiary/aromatic N) is 6. The zero-order valence-corrected chi connectivity index (χ0v) is 28.8. The van der Waals surface area contributed by atoms with E-state index in [1.807, 2.05) is 53.7 Å². The SMILES string of the molecule is C=CC(=O)N1CC2C(=O)Nc3c(c4cc(F)c(-c5c(C)ccc6[nH]cnc56)c(Cl)c4n(-c4c(C(C)C)ncnc4C(C)C)c3=O)N2CC1C. The van der Waals surface area contributed by atoms with E-state index < -0.39 is 23.3 Å². The highest BCUT2D eigenvalue weighted by Crippen LogP contribution is 2.47. The Morgan fingerprint density at radius 1 is 1.06 bits per heavy atom. The van der Waals surface area contributed by atoms with Crippen molar-refractivity contribution in [2.75, 3.05) is 23.3 Å². The minimum atomic E-state index is -0.842. The first-order chi connectivity index (χ1) is 23.3. The maximum Gasteiger partial charge on any atom is 0.281 e. The number of fused-ring (bicyclic) bond motifs is 6. The van der Waals surface area contributed by atoms with Gasteiger partial charge in [-0.1, -0.05) is 51.9 Å². The molecular formula is C36H36ClFN8O3. The lowest BCUT2D eigenvalue weighted by molar-refractivity contribution is -0.130. The van der Waals surface area contributed by atoms with E-state index in [-0.39, 0.29) is 58.7 Å². The number of hydrogen-bond acceptors (Lipinski definition) is 7. The Morgan fingerprint density at radius 2 is 1.76 bits per heavy atom. The predicted octanol–water partition coefficient (Wildman–Crippen LogP) is 6.22. The normalized spacial score (nSPS) is 17.6. The summed E-state index contributed by atoms with van der Waals surface area (Å²) in [5, 5.41) is 3.16. The Balaban J connectivity index is 1.65. The van der Waals surface area contributed by atoms with Crippen molar-refractivity contribution >= 4 is 56.7 Å². The van der Waals surface area contributed by atoms with Crippen molar-refractivity contribution in [1.82, 2.24) is 29.4 Å². The summed E-state index contributed by atoms with van der Waals surface area (Å²) in [6.45, 7) is 15.4. The van der Waals surface area contributed by atoms with Crippen LogP contribution in [0.3, 0.4) is 0 Å². The molecular weight excluding hydrogens is 647 g/mol. The van der Waals surface area contributed by atoms with E-state index in [2.05, 4.69) is 31.8 Å². The van der Waals surface area contributed by atoms with Gasteiger partial charge in [-0.05, 0) is 49.5 Å². The number of pyridine rings is 1. The average Bonchev–Trinajstić information content (AvgIpc) is 3.54. The Kier molecular flexibility index (Phi) is 7.81. The average molecular weight is 683 g/mol. The van der Waals surface area contributed by atoms with Crippen LogP contribution >= 0.6 is 11.6 Å². The van der Waals surface area contributed by atoms with E-state index in [9.17, 15) is 9.59 Å². The van der Waals surface area contributed by atoms with Gasteiger partial charge in [0.15, 0.2) is 0 Å². The number of imidazole rings is 1. The van der Waals surface area contributed by atoms with Crippen LogP contribution in [0.5, 0.6) is 0 Å². The third-order valence-corrected chi connectivity index (χ3v) is 9.97. The van der Waals surface area contributed by atoms with E-state index in [4.69, 9.17) is 11.6 Å². The zero-order valence-electron chi connectivity index (χ0n) is 28.1. The fourth-order valence-electron chi connectivity index (χ4n) is 7.29. The number of aromatic amines is 1. The largest absolute Gasteiger partial charge is 0.354 e. The lowest BCUT2D eigenvalue weighted by atomic mass is 9.94. The Morgan fingerprint density at radius 3 is 2.41 bits per heavy atom. The number of anilines is 2. The van der Waals surface area contributed by atoms with Crippen molar-refractivity contribution in [2.45, 2.75) is 65.5 Å². The number of rotatable bonds is 5. The zero-order chi connectivity index (χ0) is 35.0. The molecule has 2 aliphatic rings. The molecule has 2 amide bonds. The number of aromatic nitrogens is 5.